The van der Waals surface area contributed by atoms with E-state index in [1.165, 1.54) is 5.56 Å². The minimum Gasteiger partial charge on any atom is -0.493 e. The molecule has 0 spiro atoms. The molecule has 2 aromatic rings. The second-order valence-corrected chi connectivity index (χ2v) is 9.26. The van der Waals surface area contributed by atoms with Crippen LogP contribution in [0.1, 0.15) is 37.8 Å². The van der Waals surface area contributed by atoms with E-state index in [0.717, 1.165) is 49.5 Å². The molecular formula is C26H37NO4. The monoisotopic (exact) mass is 427 g/mol. The van der Waals surface area contributed by atoms with Crippen LogP contribution in [0.3, 0.4) is 0 Å². The van der Waals surface area contributed by atoms with Gasteiger partial charge in [-0.2, -0.15) is 0 Å². The lowest BCUT2D eigenvalue weighted by Gasteiger charge is -2.49. The number of aliphatic hydroxyl groups excluding tert-OH is 1. The third-order valence-corrected chi connectivity index (χ3v) is 6.52. The van der Waals surface area contributed by atoms with Gasteiger partial charge < -0.3 is 24.6 Å². The summed E-state index contributed by atoms with van der Waals surface area (Å²) in [6, 6.07) is 16.6. The molecule has 0 aromatic heterocycles. The second-order valence-electron chi connectivity index (χ2n) is 9.26. The number of hydrogen-bond donors (Lipinski definition) is 2. The molecule has 5 nitrogen and oxygen atoms in total. The normalized spacial score (nSPS) is 21.5. The molecule has 2 atom stereocenters. The maximum absolute atomic E-state index is 10.4. The summed E-state index contributed by atoms with van der Waals surface area (Å²) in [7, 11) is 3.29. The lowest BCUT2D eigenvalue weighted by molar-refractivity contribution is -0.127. The molecule has 2 aromatic carbocycles. The van der Waals surface area contributed by atoms with E-state index in [4.69, 9.17) is 14.2 Å². The van der Waals surface area contributed by atoms with Crippen molar-refractivity contribution in [3.8, 4) is 11.5 Å². The second kappa shape index (κ2) is 10.5. The summed E-state index contributed by atoms with van der Waals surface area (Å²) in [4.78, 5) is 0. The van der Waals surface area contributed by atoms with Gasteiger partial charge in [0.2, 0.25) is 0 Å². The molecule has 170 valence electrons. The molecule has 31 heavy (non-hydrogen) atoms. The van der Waals surface area contributed by atoms with Gasteiger partial charge in [-0.25, -0.2) is 0 Å². The highest BCUT2D eigenvalue weighted by molar-refractivity contribution is 5.42. The molecule has 5 heteroatoms. The van der Waals surface area contributed by atoms with E-state index >= 15 is 0 Å². The van der Waals surface area contributed by atoms with Crippen LogP contribution in [0.4, 0.5) is 0 Å². The zero-order valence-corrected chi connectivity index (χ0v) is 19.3. The van der Waals surface area contributed by atoms with E-state index in [9.17, 15) is 5.11 Å². The molecule has 1 fully saturated rings. The van der Waals surface area contributed by atoms with Crippen molar-refractivity contribution in [1.82, 2.24) is 5.32 Å². The van der Waals surface area contributed by atoms with Crippen molar-refractivity contribution >= 4 is 0 Å². The molecule has 1 aliphatic rings. The zero-order chi connectivity index (χ0) is 22.3. The number of aliphatic hydroxyl groups is 1. The Morgan fingerprint density at radius 3 is 2.42 bits per heavy atom. The molecule has 0 unspecified atom stereocenters. The predicted octanol–water partition coefficient (Wildman–Crippen LogP) is 4.22. The molecule has 2 N–H and O–H groups in total. The Morgan fingerprint density at radius 2 is 1.77 bits per heavy atom. The SMILES string of the molecule is COc1ccc(CNC[C@@H](CO)[C@]2(Cc3ccccc3)CCOC(C)(C)C2)cc1OC. The number of methoxy groups -OCH3 is 2. The van der Waals surface area contributed by atoms with Crippen molar-refractivity contribution < 1.29 is 19.3 Å². The molecule has 1 heterocycles. The minimum absolute atomic E-state index is 0.0115. The summed E-state index contributed by atoms with van der Waals surface area (Å²) in [5, 5.41) is 14.0. The van der Waals surface area contributed by atoms with Crippen molar-refractivity contribution in [3.05, 3.63) is 59.7 Å². The molecule has 0 amide bonds. The highest BCUT2D eigenvalue weighted by atomic mass is 16.5. The van der Waals surface area contributed by atoms with Crippen molar-refractivity contribution in [2.75, 3.05) is 34.0 Å². The third kappa shape index (κ3) is 6.00. The van der Waals surface area contributed by atoms with Gasteiger partial charge in [-0.15, -0.1) is 0 Å². The van der Waals surface area contributed by atoms with E-state index in [2.05, 4.69) is 49.5 Å². The first-order valence-corrected chi connectivity index (χ1v) is 11.1. The Balaban J connectivity index is 1.73. The van der Waals surface area contributed by atoms with E-state index < -0.39 is 0 Å². The number of hydrogen-bond acceptors (Lipinski definition) is 5. The Morgan fingerprint density at radius 1 is 1.03 bits per heavy atom. The predicted molar refractivity (Wildman–Crippen MR) is 124 cm³/mol. The first kappa shape index (κ1) is 23.6. The van der Waals surface area contributed by atoms with Crippen molar-refractivity contribution in [2.45, 2.75) is 45.3 Å². The van der Waals surface area contributed by atoms with Gasteiger partial charge in [0.25, 0.3) is 0 Å². The van der Waals surface area contributed by atoms with Crippen LogP contribution in [0, 0.1) is 11.3 Å². The first-order valence-electron chi connectivity index (χ1n) is 11.1. The molecule has 0 radical (unpaired) electrons. The number of rotatable bonds is 10. The van der Waals surface area contributed by atoms with Crippen LogP contribution >= 0.6 is 0 Å². The lowest BCUT2D eigenvalue weighted by Crippen LogP contribution is -2.50. The summed E-state index contributed by atoms with van der Waals surface area (Å²) in [6.07, 6.45) is 2.83. The Bertz CT molecular complexity index is 823. The fourth-order valence-corrected chi connectivity index (χ4v) is 5.02. The summed E-state index contributed by atoms with van der Waals surface area (Å²) in [5.74, 6) is 1.59. The van der Waals surface area contributed by atoms with E-state index in [1.54, 1.807) is 14.2 Å². The highest BCUT2D eigenvalue weighted by Gasteiger charge is 2.45. The maximum atomic E-state index is 10.4. The molecule has 0 aliphatic carbocycles. The van der Waals surface area contributed by atoms with Crippen LogP contribution in [0.25, 0.3) is 0 Å². The summed E-state index contributed by atoms with van der Waals surface area (Å²) in [5.41, 5.74) is 2.24. The Hall–Kier alpha value is -2.08. The summed E-state index contributed by atoms with van der Waals surface area (Å²) in [6.45, 7) is 6.66. The van der Waals surface area contributed by atoms with Crippen molar-refractivity contribution in [1.29, 1.82) is 0 Å². The largest absolute Gasteiger partial charge is 0.493 e. The van der Waals surface area contributed by atoms with E-state index in [0.29, 0.717) is 6.54 Å². The van der Waals surface area contributed by atoms with Gasteiger partial charge in [0.05, 0.1) is 19.8 Å². The number of nitrogens with one attached hydrogen (secondary N) is 1. The van der Waals surface area contributed by atoms with Gasteiger partial charge in [0, 0.05) is 32.2 Å². The van der Waals surface area contributed by atoms with Crippen LogP contribution in [-0.2, 0) is 17.7 Å². The first-order chi connectivity index (χ1) is 14.9. The molecule has 1 saturated heterocycles. The van der Waals surface area contributed by atoms with Crippen LogP contribution in [0.5, 0.6) is 11.5 Å². The van der Waals surface area contributed by atoms with Crippen molar-refractivity contribution in [3.63, 3.8) is 0 Å². The average molecular weight is 428 g/mol. The smallest absolute Gasteiger partial charge is 0.161 e. The fourth-order valence-electron chi connectivity index (χ4n) is 5.02. The standard InChI is InChI=1S/C26H37NO4/c1-25(2)19-26(12-13-31-25,15-20-8-6-5-7-9-20)22(18-28)17-27-16-21-10-11-23(29-3)24(14-21)30-4/h5-11,14,22,27-28H,12-13,15-19H2,1-4H3/t22-,26-/m0/s1. The Kier molecular flexibility index (Phi) is 7.98. The summed E-state index contributed by atoms with van der Waals surface area (Å²) >= 11 is 0. The molecule has 0 bridgehead atoms. The molecular weight excluding hydrogens is 390 g/mol. The van der Waals surface area contributed by atoms with Gasteiger partial charge in [0.15, 0.2) is 11.5 Å². The third-order valence-electron chi connectivity index (χ3n) is 6.52. The Labute approximate surface area is 186 Å². The van der Waals surface area contributed by atoms with Crippen LogP contribution < -0.4 is 14.8 Å². The maximum Gasteiger partial charge on any atom is 0.161 e. The van der Waals surface area contributed by atoms with Gasteiger partial charge in [0.1, 0.15) is 0 Å². The van der Waals surface area contributed by atoms with Gasteiger partial charge in [-0.05, 0) is 61.8 Å². The van der Waals surface area contributed by atoms with Gasteiger partial charge >= 0.3 is 0 Å². The number of ether oxygens (including phenoxy) is 3. The van der Waals surface area contributed by atoms with Crippen LogP contribution in [-0.4, -0.2) is 44.7 Å². The minimum atomic E-state index is -0.191. The highest BCUT2D eigenvalue weighted by Crippen LogP contribution is 2.46. The zero-order valence-electron chi connectivity index (χ0n) is 19.3. The van der Waals surface area contributed by atoms with E-state index in [1.807, 2.05) is 18.2 Å². The quantitative estimate of drug-likeness (QED) is 0.595. The molecule has 0 saturated carbocycles. The van der Waals surface area contributed by atoms with Crippen molar-refractivity contribution in [2.24, 2.45) is 11.3 Å². The van der Waals surface area contributed by atoms with E-state index in [-0.39, 0.29) is 23.5 Å². The van der Waals surface area contributed by atoms with Gasteiger partial charge in [-0.3, -0.25) is 0 Å². The number of benzene rings is 2. The van der Waals surface area contributed by atoms with Crippen LogP contribution in [0.2, 0.25) is 0 Å². The summed E-state index contributed by atoms with van der Waals surface area (Å²) < 4.78 is 16.8. The molecule has 3 rings (SSSR count). The topological polar surface area (TPSA) is 60.0 Å². The fraction of sp³-hybridized carbons (Fsp3) is 0.538. The van der Waals surface area contributed by atoms with Gasteiger partial charge in [-0.1, -0.05) is 36.4 Å². The van der Waals surface area contributed by atoms with Crippen LogP contribution in [0.15, 0.2) is 48.5 Å². The molecule has 1 aliphatic heterocycles. The average Bonchev–Trinajstić information content (AvgIpc) is 2.76. The lowest BCUT2D eigenvalue weighted by atomic mass is 9.63.